The maximum atomic E-state index is 13.0. The van der Waals surface area contributed by atoms with Gasteiger partial charge >= 0.3 is 0 Å². The number of nitrogens with zero attached hydrogens (tertiary/aromatic N) is 4. The minimum absolute atomic E-state index is 0.187. The first kappa shape index (κ1) is 20.2. The number of hydrogen-bond donors (Lipinski definition) is 1. The highest BCUT2D eigenvalue weighted by atomic mass is 79.9. The number of fused-ring (bicyclic) bond motifs is 1. The summed E-state index contributed by atoms with van der Waals surface area (Å²) in [6, 6.07) is 15.9. The number of alkyl halides is 2. The number of carbonyl (C=O) groups is 1. The fourth-order valence-electron chi connectivity index (χ4n) is 3.28. The van der Waals surface area contributed by atoms with Gasteiger partial charge in [-0.05, 0) is 39.2 Å². The number of anilines is 1. The Labute approximate surface area is 179 Å². The van der Waals surface area contributed by atoms with Crippen molar-refractivity contribution in [3.05, 3.63) is 76.2 Å². The van der Waals surface area contributed by atoms with Crippen LogP contribution in [0.5, 0.6) is 0 Å². The summed E-state index contributed by atoms with van der Waals surface area (Å²) in [6.45, 7) is 1.99. The van der Waals surface area contributed by atoms with Crippen LogP contribution in [0, 0.1) is 6.92 Å². The molecule has 1 N–H and O–H groups in total. The standard InChI is InChI=1S/C21H18BrF2N5O/c1-13-19(22)20(21(23)24)27-29(13)12-18(30)25-17-9-10-28(26-17)11-15-7-4-6-14-5-2-3-8-16(14)15/h2-10,21H,11-12H2,1H3,(H,25,26,30). The molecule has 0 aliphatic heterocycles. The summed E-state index contributed by atoms with van der Waals surface area (Å²) in [7, 11) is 0. The largest absolute Gasteiger partial charge is 0.308 e. The van der Waals surface area contributed by atoms with E-state index >= 15 is 0 Å². The predicted molar refractivity (Wildman–Crippen MR) is 114 cm³/mol. The molecule has 2 heterocycles. The highest BCUT2D eigenvalue weighted by Crippen LogP contribution is 2.29. The Balaban J connectivity index is 1.45. The molecule has 0 atom stereocenters. The average molecular weight is 474 g/mol. The predicted octanol–water partition coefficient (Wildman–Crippen LogP) is 4.93. The third-order valence-electron chi connectivity index (χ3n) is 4.78. The van der Waals surface area contributed by atoms with Gasteiger partial charge in [-0.1, -0.05) is 42.5 Å². The van der Waals surface area contributed by atoms with Gasteiger partial charge in [-0.25, -0.2) is 8.78 Å². The van der Waals surface area contributed by atoms with Gasteiger partial charge in [0.05, 0.1) is 16.7 Å². The molecule has 0 bridgehead atoms. The van der Waals surface area contributed by atoms with E-state index in [1.807, 2.05) is 24.3 Å². The molecule has 0 unspecified atom stereocenters. The Kier molecular flexibility index (Phi) is 5.63. The molecule has 0 fully saturated rings. The van der Waals surface area contributed by atoms with Gasteiger partial charge in [0.25, 0.3) is 6.43 Å². The Hall–Kier alpha value is -3.07. The van der Waals surface area contributed by atoms with E-state index < -0.39 is 12.3 Å². The van der Waals surface area contributed by atoms with Crippen LogP contribution in [0.1, 0.15) is 23.4 Å². The third-order valence-corrected chi connectivity index (χ3v) is 5.76. The van der Waals surface area contributed by atoms with Crippen molar-refractivity contribution in [2.75, 3.05) is 5.32 Å². The molecule has 0 aliphatic rings. The van der Waals surface area contributed by atoms with Gasteiger partial charge in [-0.3, -0.25) is 14.2 Å². The number of rotatable bonds is 6. The number of aromatic nitrogens is 4. The molecule has 9 heteroatoms. The van der Waals surface area contributed by atoms with Crippen LogP contribution >= 0.6 is 15.9 Å². The molecular weight excluding hydrogens is 456 g/mol. The summed E-state index contributed by atoms with van der Waals surface area (Å²) in [4.78, 5) is 12.3. The van der Waals surface area contributed by atoms with Crippen LogP contribution in [-0.2, 0) is 17.9 Å². The van der Waals surface area contributed by atoms with Crippen molar-refractivity contribution in [1.82, 2.24) is 19.6 Å². The van der Waals surface area contributed by atoms with Gasteiger partial charge in [0.1, 0.15) is 12.2 Å². The smallest absolute Gasteiger partial charge is 0.283 e. The number of hydrogen-bond acceptors (Lipinski definition) is 3. The first-order chi connectivity index (χ1) is 14.4. The summed E-state index contributed by atoms with van der Waals surface area (Å²) in [6.07, 6.45) is -0.936. The third kappa shape index (κ3) is 4.11. The van der Waals surface area contributed by atoms with Crippen LogP contribution in [0.15, 0.2) is 59.2 Å². The zero-order valence-electron chi connectivity index (χ0n) is 16.0. The van der Waals surface area contributed by atoms with Crippen molar-refractivity contribution >= 4 is 38.4 Å². The van der Waals surface area contributed by atoms with E-state index in [2.05, 4.69) is 49.6 Å². The molecular formula is C21H18BrF2N5O. The SMILES string of the molecule is Cc1c(Br)c(C(F)F)nn1CC(=O)Nc1ccn(Cc2cccc3ccccc23)n1. The minimum Gasteiger partial charge on any atom is -0.308 e. The zero-order valence-corrected chi connectivity index (χ0v) is 17.6. The fourth-order valence-corrected chi connectivity index (χ4v) is 3.74. The van der Waals surface area contributed by atoms with Crippen LogP contribution in [0.25, 0.3) is 10.8 Å². The minimum atomic E-state index is -2.72. The first-order valence-electron chi connectivity index (χ1n) is 9.23. The zero-order chi connectivity index (χ0) is 21.3. The van der Waals surface area contributed by atoms with Crippen molar-refractivity contribution in [1.29, 1.82) is 0 Å². The van der Waals surface area contributed by atoms with Crippen LogP contribution in [0.2, 0.25) is 0 Å². The Bertz CT molecular complexity index is 1210. The van der Waals surface area contributed by atoms with E-state index in [4.69, 9.17) is 0 Å². The van der Waals surface area contributed by atoms with E-state index in [1.165, 1.54) is 4.68 Å². The second-order valence-corrected chi connectivity index (χ2v) is 7.62. The molecule has 0 radical (unpaired) electrons. The first-order valence-corrected chi connectivity index (χ1v) is 10.0. The lowest BCUT2D eigenvalue weighted by Gasteiger charge is -2.07. The fraction of sp³-hybridized carbons (Fsp3) is 0.190. The topological polar surface area (TPSA) is 64.7 Å². The highest BCUT2D eigenvalue weighted by Gasteiger charge is 2.21. The summed E-state index contributed by atoms with van der Waals surface area (Å²) in [5.74, 6) is -0.0116. The maximum Gasteiger partial charge on any atom is 0.283 e. The lowest BCUT2D eigenvalue weighted by molar-refractivity contribution is -0.117. The van der Waals surface area contributed by atoms with E-state index in [1.54, 1.807) is 23.9 Å². The molecule has 0 saturated carbocycles. The maximum absolute atomic E-state index is 13.0. The van der Waals surface area contributed by atoms with Gasteiger partial charge < -0.3 is 5.32 Å². The lowest BCUT2D eigenvalue weighted by Crippen LogP contribution is -2.20. The second kappa shape index (κ2) is 8.35. The Morgan fingerprint density at radius 3 is 2.67 bits per heavy atom. The van der Waals surface area contributed by atoms with Crippen molar-refractivity contribution in [2.45, 2.75) is 26.4 Å². The summed E-state index contributed by atoms with van der Waals surface area (Å²) in [5.41, 5.74) is 1.20. The Morgan fingerprint density at radius 2 is 1.90 bits per heavy atom. The molecule has 1 amide bonds. The van der Waals surface area contributed by atoms with Crippen molar-refractivity contribution in [3.8, 4) is 0 Å². The van der Waals surface area contributed by atoms with Crippen molar-refractivity contribution in [2.24, 2.45) is 0 Å². The second-order valence-electron chi connectivity index (χ2n) is 6.83. The van der Waals surface area contributed by atoms with Crippen molar-refractivity contribution < 1.29 is 13.6 Å². The molecule has 30 heavy (non-hydrogen) atoms. The number of halogens is 3. The number of carbonyl (C=O) groups excluding carboxylic acids is 1. The van der Waals surface area contributed by atoms with Gasteiger partial charge in [0.2, 0.25) is 5.91 Å². The number of amides is 1. The molecule has 0 spiro atoms. The quantitative estimate of drug-likeness (QED) is 0.431. The number of benzene rings is 2. The van der Waals surface area contributed by atoms with E-state index in [0.29, 0.717) is 18.1 Å². The van der Waals surface area contributed by atoms with Gasteiger partial charge in [-0.2, -0.15) is 10.2 Å². The van der Waals surface area contributed by atoms with Crippen LogP contribution in [-0.4, -0.2) is 25.5 Å². The van der Waals surface area contributed by atoms with Gasteiger partial charge in [-0.15, -0.1) is 0 Å². The monoisotopic (exact) mass is 473 g/mol. The number of nitrogens with one attached hydrogen (secondary N) is 1. The molecule has 0 saturated heterocycles. The lowest BCUT2D eigenvalue weighted by atomic mass is 10.0. The molecule has 4 aromatic rings. The van der Waals surface area contributed by atoms with E-state index in [0.717, 1.165) is 16.3 Å². The summed E-state index contributed by atoms with van der Waals surface area (Å²) < 4.78 is 29.1. The van der Waals surface area contributed by atoms with Crippen LogP contribution < -0.4 is 5.32 Å². The Morgan fingerprint density at radius 1 is 1.13 bits per heavy atom. The van der Waals surface area contributed by atoms with Crippen LogP contribution in [0.4, 0.5) is 14.6 Å². The highest BCUT2D eigenvalue weighted by molar-refractivity contribution is 9.10. The molecule has 2 aromatic carbocycles. The average Bonchev–Trinajstić information content (AvgIpc) is 3.27. The molecule has 2 aromatic heterocycles. The van der Waals surface area contributed by atoms with Gasteiger partial charge in [0.15, 0.2) is 5.82 Å². The summed E-state index contributed by atoms with van der Waals surface area (Å²) in [5, 5.41) is 13.2. The molecule has 0 aliphatic carbocycles. The normalized spacial score (nSPS) is 11.4. The van der Waals surface area contributed by atoms with Gasteiger partial charge in [0, 0.05) is 12.3 Å². The van der Waals surface area contributed by atoms with E-state index in [9.17, 15) is 13.6 Å². The van der Waals surface area contributed by atoms with Crippen LogP contribution in [0.3, 0.4) is 0 Å². The molecule has 4 rings (SSSR count). The summed E-state index contributed by atoms with van der Waals surface area (Å²) >= 11 is 3.10. The molecule has 6 nitrogen and oxygen atoms in total. The molecule has 154 valence electrons. The van der Waals surface area contributed by atoms with E-state index in [-0.39, 0.29) is 16.7 Å². The van der Waals surface area contributed by atoms with Crippen molar-refractivity contribution in [3.63, 3.8) is 0 Å².